The standard InChI is InChI=1S/C29H34F5N9O3/c1-2-42-22(5-8-36-42)26(45)38-23(17-3-6-28(30,31)7-4-17)21-16-43-27(37-21)39-24(41-9-11-46-12-10-41)20(40-43)14-18-13-19(29(32,33)34)15-35-25(18)44/h5,8,13,16-18,23H,2-4,6-7,9-12,14-15H2,1H3,(H,35,44)(H,38,45). The first kappa shape index (κ1) is 31.8. The molecule has 1 aliphatic carbocycles. The van der Waals surface area contributed by atoms with Crippen LogP contribution in [0, 0.1) is 11.8 Å². The normalized spacial score (nSPS) is 21.6. The van der Waals surface area contributed by atoms with Gasteiger partial charge in [-0.15, -0.1) is 0 Å². The minimum Gasteiger partial charge on any atom is -0.378 e. The van der Waals surface area contributed by atoms with E-state index in [9.17, 15) is 31.5 Å². The number of carbonyl (C=O) groups excluding carboxylic acids is 2. The van der Waals surface area contributed by atoms with Crippen LogP contribution in [0.2, 0.25) is 0 Å². The van der Waals surface area contributed by atoms with Crippen LogP contribution >= 0.6 is 0 Å². The molecule has 17 heteroatoms. The lowest BCUT2D eigenvalue weighted by molar-refractivity contribution is -0.125. The first-order chi connectivity index (χ1) is 21.9. The number of hydrogen-bond acceptors (Lipinski definition) is 8. The summed E-state index contributed by atoms with van der Waals surface area (Å²) >= 11 is 0. The Morgan fingerprint density at radius 1 is 1.20 bits per heavy atom. The van der Waals surface area contributed by atoms with Gasteiger partial charge in [-0.25, -0.2) is 18.3 Å². The molecule has 6 rings (SSSR count). The fourth-order valence-electron chi connectivity index (χ4n) is 6.24. The molecular formula is C29H34F5N9O3. The number of imidazole rings is 1. The molecule has 3 aromatic heterocycles. The Labute approximate surface area is 260 Å². The number of carbonyl (C=O) groups is 2. The predicted octanol–water partition coefficient (Wildman–Crippen LogP) is 3.25. The van der Waals surface area contributed by atoms with E-state index < -0.39 is 48.0 Å². The van der Waals surface area contributed by atoms with Gasteiger partial charge < -0.3 is 20.3 Å². The first-order valence-corrected chi connectivity index (χ1v) is 15.3. The molecule has 5 heterocycles. The van der Waals surface area contributed by atoms with E-state index in [1.54, 1.807) is 12.3 Å². The second-order valence-corrected chi connectivity index (χ2v) is 11.8. The number of alkyl halides is 5. The third-order valence-electron chi connectivity index (χ3n) is 8.75. The second kappa shape index (κ2) is 12.6. The van der Waals surface area contributed by atoms with Crippen molar-refractivity contribution in [3.63, 3.8) is 0 Å². The van der Waals surface area contributed by atoms with Gasteiger partial charge in [0.05, 0.1) is 37.1 Å². The smallest absolute Gasteiger partial charge is 0.378 e. The van der Waals surface area contributed by atoms with Crippen molar-refractivity contribution in [1.29, 1.82) is 0 Å². The summed E-state index contributed by atoms with van der Waals surface area (Å²) < 4.78 is 77.1. The third kappa shape index (κ3) is 6.69. The fourth-order valence-corrected chi connectivity index (χ4v) is 6.24. The van der Waals surface area contributed by atoms with Crippen LogP contribution in [0.15, 0.2) is 30.1 Å². The molecule has 0 radical (unpaired) electrons. The van der Waals surface area contributed by atoms with Crippen molar-refractivity contribution in [1.82, 2.24) is 40.0 Å². The highest BCUT2D eigenvalue weighted by Crippen LogP contribution is 2.41. The van der Waals surface area contributed by atoms with Gasteiger partial charge in [0, 0.05) is 57.2 Å². The largest absolute Gasteiger partial charge is 0.414 e. The molecule has 46 heavy (non-hydrogen) atoms. The van der Waals surface area contributed by atoms with Gasteiger partial charge in [0.1, 0.15) is 11.4 Å². The number of aryl methyl sites for hydroxylation is 1. The van der Waals surface area contributed by atoms with Gasteiger partial charge in [0.15, 0.2) is 5.82 Å². The van der Waals surface area contributed by atoms with Crippen LogP contribution < -0.4 is 15.5 Å². The maximum atomic E-state index is 14.1. The molecule has 2 fully saturated rings. The highest BCUT2D eigenvalue weighted by molar-refractivity contribution is 5.92. The van der Waals surface area contributed by atoms with Crippen molar-refractivity contribution < 1.29 is 36.3 Å². The van der Waals surface area contributed by atoms with E-state index in [-0.39, 0.29) is 49.5 Å². The number of hydrogen-bond donors (Lipinski definition) is 2. The van der Waals surface area contributed by atoms with Crippen molar-refractivity contribution in [3.05, 3.63) is 47.2 Å². The van der Waals surface area contributed by atoms with Crippen LogP contribution in [-0.4, -0.2) is 86.1 Å². The van der Waals surface area contributed by atoms with Crippen LogP contribution in [0.5, 0.6) is 0 Å². The molecule has 2 amide bonds. The van der Waals surface area contributed by atoms with Gasteiger partial charge in [-0.05, 0) is 31.7 Å². The molecule has 0 bridgehead atoms. The topological polar surface area (TPSA) is 132 Å². The molecule has 3 aromatic rings. The lowest BCUT2D eigenvalue weighted by Gasteiger charge is -2.33. The quantitative estimate of drug-likeness (QED) is 0.281. The minimum absolute atomic E-state index is 0.147. The summed E-state index contributed by atoms with van der Waals surface area (Å²) in [5.74, 6) is -4.78. The molecule has 1 saturated heterocycles. The number of rotatable bonds is 8. The molecule has 248 valence electrons. The van der Waals surface area contributed by atoms with Crippen molar-refractivity contribution in [2.45, 2.75) is 63.7 Å². The Kier molecular flexibility index (Phi) is 8.69. The molecule has 2 atom stereocenters. The summed E-state index contributed by atoms with van der Waals surface area (Å²) in [4.78, 5) is 37.3. The van der Waals surface area contributed by atoms with Gasteiger partial charge in [-0.3, -0.25) is 14.3 Å². The number of anilines is 1. The van der Waals surface area contributed by atoms with Crippen molar-refractivity contribution >= 4 is 23.4 Å². The van der Waals surface area contributed by atoms with Gasteiger partial charge in [0.2, 0.25) is 11.8 Å². The van der Waals surface area contributed by atoms with Gasteiger partial charge in [-0.2, -0.15) is 28.4 Å². The number of aromatic nitrogens is 6. The van der Waals surface area contributed by atoms with E-state index in [0.717, 1.165) is 6.08 Å². The number of halogens is 5. The fraction of sp³-hybridized carbons (Fsp3) is 0.586. The van der Waals surface area contributed by atoms with Crippen LogP contribution in [-0.2, 0) is 22.5 Å². The van der Waals surface area contributed by atoms with E-state index >= 15 is 0 Å². The zero-order chi connectivity index (χ0) is 32.6. The van der Waals surface area contributed by atoms with Crippen LogP contribution in [0.1, 0.15) is 60.5 Å². The Morgan fingerprint density at radius 3 is 2.63 bits per heavy atom. The Balaban J connectivity index is 1.38. The molecule has 3 aliphatic rings. The summed E-state index contributed by atoms with van der Waals surface area (Å²) in [5.41, 5.74) is 0.0985. The number of amides is 2. The Morgan fingerprint density at radius 2 is 1.93 bits per heavy atom. The van der Waals surface area contributed by atoms with Gasteiger partial charge in [-0.1, -0.05) is 6.08 Å². The van der Waals surface area contributed by atoms with Crippen molar-refractivity contribution in [2.24, 2.45) is 11.8 Å². The summed E-state index contributed by atoms with van der Waals surface area (Å²) in [6.07, 6.45) is -1.14. The third-order valence-corrected chi connectivity index (χ3v) is 8.75. The summed E-state index contributed by atoms with van der Waals surface area (Å²) in [5, 5.41) is 14.1. The molecule has 0 aromatic carbocycles. The highest BCUT2D eigenvalue weighted by Gasteiger charge is 2.40. The van der Waals surface area contributed by atoms with Crippen molar-refractivity contribution in [2.75, 3.05) is 37.7 Å². The number of fused-ring (bicyclic) bond motifs is 1. The second-order valence-electron chi connectivity index (χ2n) is 11.8. The average molecular weight is 652 g/mol. The maximum absolute atomic E-state index is 14.1. The number of ether oxygens (including phenoxy) is 1. The summed E-state index contributed by atoms with van der Waals surface area (Å²) in [7, 11) is 0. The maximum Gasteiger partial charge on any atom is 0.414 e. The SMILES string of the molecule is CCn1nccc1C(=O)NC(c1cn2nc(CC3C=C(C(F)(F)F)CNC3=O)c(N3CCOCC3)nc2n1)C1CCC(F)(F)CC1. The molecule has 2 unspecified atom stereocenters. The molecule has 2 N–H and O–H groups in total. The predicted molar refractivity (Wildman–Crippen MR) is 153 cm³/mol. The van der Waals surface area contributed by atoms with Crippen LogP contribution in [0.4, 0.5) is 27.8 Å². The van der Waals surface area contributed by atoms with Crippen molar-refractivity contribution in [3.8, 4) is 0 Å². The minimum atomic E-state index is -4.59. The summed E-state index contributed by atoms with van der Waals surface area (Å²) in [6.45, 7) is 3.34. The molecule has 1 saturated carbocycles. The Hall–Kier alpha value is -4.15. The summed E-state index contributed by atoms with van der Waals surface area (Å²) in [6, 6.07) is 0.808. The van der Waals surface area contributed by atoms with E-state index in [2.05, 4.69) is 25.8 Å². The van der Waals surface area contributed by atoms with E-state index in [1.165, 1.54) is 15.4 Å². The van der Waals surface area contributed by atoms with E-state index in [4.69, 9.17) is 9.72 Å². The lowest BCUT2D eigenvalue weighted by Crippen LogP contribution is -2.41. The number of nitrogens with one attached hydrogen (secondary N) is 2. The monoisotopic (exact) mass is 651 g/mol. The molecular weight excluding hydrogens is 617 g/mol. The number of nitrogens with zero attached hydrogens (tertiary/aromatic N) is 7. The highest BCUT2D eigenvalue weighted by atomic mass is 19.4. The van der Waals surface area contributed by atoms with Crippen LogP contribution in [0.3, 0.4) is 0 Å². The lowest BCUT2D eigenvalue weighted by atomic mass is 9.81. The molecule has 2 aliphatic heterocycles. The van der Waals surface area contributed by atoms with Gasteiger partial charge in [0.25, 0.3) is 11.7 Å². The molecule has 12 nitrogen and oxygen atoms in total. The number of morpholine rings is 1. The van der Waals surface area contributed by atoms with E-state index in [1.807, 2.05) is 11.8 Å². The van der Waals surface area contributed by atoms with Crippen LogP contribution in [0.25, 0.3) is 5.78 Å². The zero-order valence-electron chi connectivity index (χ0n) is 25.1. The Bertz CT molecular complexity index is 1620. The average Bonchev–Trinajstić information content (AvgIpc) is 3.67. The first-order valence-electron chi connectivity index (χ1n) is 15.3. The van der Waals surface area contributed by atoms with Gasteiger partial charge >= 0.3 is 6.18 Å². The molecule has 0 spiro atoms. The van der Waals surface area contributed by atoms with E-state index in [0.29, 0.717) is 50.1 Å². The zero-order valence-corrected chi connectivity index (χ0v) is 25.1.